The molecule has 6 heteroatoms. The van der Waals surface area contributed by atoms with Crippen molar-refractivity contribution in [1.82, 2.24) is 4.98 Å². The Balaban J connectivity index is 2.55. The van der Waals surface area contributed by atoms with Gasteiger partial charge in [-0.15, -0.1) is 0 Å². The van der Waals surface area contributed by atoms with E-state index in [1.165, 1.54) is 21.1 Å². The Bertz CT molecular complexity index is 714. The van der Waals surface area contributed by atoms with Crippen molar-refractivity contribution >= 4 is 12.3 Å². The van der Waals surface area contributed by atoms with Gasteiger partial charge in [-0.3, -0.25) is 14.6 Å². The lowest BCUT2D eigenvalue weighted by atomic mass is 10.0. The first kappa shape index (κ1) is 16.5. The number of aromatic nitrogens is 1. The highest BCUT2D eigenvalue weighted by molar-refractivity contribution is 5.77. The molecule has 2 aromatic rings. The van der Waals surface area contributed by atoms with Crippen LogP contribution in [0.1, 0.15) is 34.6 Å². The zero-order chi connectivity index (χ0) is 16.8. The first-order valence-corrected chi connectivity index (χ1v) is 6.90. The minimum absolute atomic E-state index is 0.355. The second-order valence-corrected chi connectivity index (χ2v) is 4.70. The number of carbonyl (C=O) groups is 2. The molecule has 0 aliphatic rings. The molecular weight excluding hydrogens is 298 g/mol. The Morgan fingerprint density at radius 2 is 1.91 bits per heavy atom. The number of methoxy groups -OCH3 is 2. The minimum atomic E-state index is -0.811. The van der Waals surface area contributed by atoms with E-state index in [0.717, 1.165) is 0 Å². The summed E-state index contributed by atoms with van der Waals surface area (Å²) in [6, 6.07) is 8.39. The number of pyridine rings is 1. The van der Waals surface area contributed by atoms with Crippen molar-refractivity contribution in [1.29, 1.82) is 0 Å². The summed E-state index contributed by atoms with van der Waals surface area (Å²) in [6.45, 7) is 1.30. The third-order valence-electron chi connectivity index (χ3n) is 3.24. The van der Waals surface area contributed by atoms with Gasteiger partial charge in [0.2, 0.25) is 0 Å². The van der Waals surface area contributed by atoms with Crippen LogP contribution in [0.2, 0.25) is 0 Å². The molecular formula is C17H17NO5. The summed E-state index contributed by atoms with van der Waals surface area (Å²) in [5.41, 5.74) is 1.35. The number of rotatable bonds is 6. The fourth-order valence-corrected chi connectivity index (χ4v) is 2.21. The van der Waals surface area contributed by atoms with Gasteiger partial charge in [0, 0.05) is 24.2 Å². The molecule has 1 heterocycles. The summed E-state index contributed by atoms with van der Waals surface area (Å²) in [6.07, 6.45) is 1.41. The highest BCUT2D eigenvalue weighted by atomic mass is 16.5. The quantitative estimate of drug-likeness (QED) is 0.602. The maximum Gasteiger partial charge on any atom is 0.303 e. The molecule has 1 aromatic carbocycles. The monoisotopic (exact) mass is 315 g/mol. The van der Waals surface area contributed by atoms with Crippen molar-refractivity contribution in [2.75, 3.05) is 14.2 Å². The Hall–Kier alpha value is -2.89. The summed E-state index contributed by atoms with van der Waals surface area (Å²) < 4.78 is 15.8. The first-order chi connectivity index (χ1) is 11.1. The molecule has 0 N–H and O–H groups in total. The third kappa shape index (κ3) is 3.66. The lowest BCUT2D eigenvalue weighted by molar-refractivity contribution is -0.144. The minimum Gasteiger partial charge on any atom is -0.493 e. The fourth-order valence-electron chi connectivity index (χ4n) is 2.21. The van der Waals surface area contributed by atoms with E-state index in [-0.39, 0.29) is 0 Å². The second kappa shape index (κ2) is 7.40. The van der Waals surface area contributed by atoms with Gasteiger partial charge < -0.3 is 14.2 Å². The molecule has 0 aliphatic heterocycles. The number of nitrogens with zero attached hydrogens (tertiary/aromatic N) is 1. The molecule has 0 saturated heterocycles. The molecule has 0 radical (unpaired) electrons. The smallest absolute Gasteiger partial charge is 0.303 e. The van der Waals surface area contributed by atoms with Crippen molar-refractivity contribution in [3.63, 3.8) is 0 Å². The van der Waals surface area contributed by atoms with Crippen LogP contribution < -0.4 is 9.47 Å². The maximum absolute atomic E-state index is 11.5. The molecule has 120 valence electrons. The summed E-state index contributed by atoms with van der Waals surface area (Å²) in [5.74, 6) is 0.562. The van der Waals surface area contributed by atoms with Crippen molar-refractivity contribution in [2.24, 2.45) is 0 Å². The third-order valence-corrected chi connectivity index (χ3v) is 3.24. The van der Waals surface area contributed by atoms with Crippen molar-refractivity contribution < 1.29 is 23.8 Å². The molecule has 1 atom stereocenters. The first-order valence-electron chi connectivity index (χ1n) is 6.90. The molecule has 1 aromatic heterocycles. The molecule has 0 aliphatic carbocycles. The van der Waals surface area contributed by atoms with Crippen LogP contribution in [-0.4, -0.2) is 31.5 Å². The average Bonchev–Trinajstić information content (AvgIpc) is 2.58. The number of aldehydes is 1. The molecule has 0 bridgehead atoms. The van der Waals surface area contributed by atoms with Gasteiger partial charge in [0.05, 0.1) is 19.9 Å². The highest BCUT2D eigenvalue weighted by Gasteiger charge is 2.23. The molecule has 1 unspecified atom stereocenters. The van der Waals surface area contributed by atoms with E-state index in [0.29, 0.717) is 34.6 Å². The lowest BCUT2D eigenvalue weighted by Gasteiger charge is -2.19. The second-order valence-electron chi connectivity index (χ2n) is 4.70. The van der Waals surface area contributed by atoms with Crippen LogP contribution >= 0.6 is 0 Å². The normalized spacial score (nSPS) is 11.4. The molecule has 2 rings (SSSR count). The van der Waals surface area contributed by atoms with Gasteiger partial charge in [-0.25, -0.2) is 0 Å². The predicted molar refractivity (Wildman–Crippen MR) is 82.8 cm³/mol. The number of carbonyl (C=O) groups excluding carboxylic acids is 2. The van der Waals surface area contributed by atoms with Crippen molar-refractivity contribution in [3.8, 4) is 11.5 Å². The Morgan fingerprint density at radius 3 is 2.52 bits per heavy atom. The number of esters is 1. The van der Waals surface area contributed by atoms with E-state index in [9.17, 15) is 9.59 Å². The van der Waals surface area contributed by atoms with Gasteiger partial charge in [-0.1, -0.05) is 6.07 Å². The Labute approximate surface area is 134 Å². The van der Waals surface area contributed by atoms with E-state index in [4.69, 9.17) is 14.2 Å². The Morgan fingerprint density at radius 1 is 1.17 bits per heavy atom. The SMILES string of the molecule is COc1ccc(C(OC(C)=O)c2ncccc2C=O)cc1OC. The standard InChI is InChI=1S/C17H17NO5/c1-11(20)23-17(16-13(10-19)5-4-8-18-16)12-6-7-14(21-2)15(9-12)22-3/h4-10,17H,1-3H3. The molecule has 0 amide bonds. The molecule has 0 saturated carbocycles. The topological polar surface area (TPSA) is 74.7 Å². The fraction of sp³-hybridized carbons (Fsp3) is 0.235. The van der Waals surface area contributed by atoms with Crippen LogP contribution in [0.5, 0.6) is 11.5 Å². The number of ether oxygens (including phenoxy) is 3. The van der Waals surface area contributed by atoms with Crippen LogP contribution in [0.4, 0.5) is 0 Å². The van der Waals surface area contributed by atoms with E-state index >= 15 is 0 Å². The number of hydrogen-bond acceptors (Lipinski definition) is 6. The van der Waals surface area contributed by atoms with Crippen molar-refractivity contribution in [2.45, 2.75) is 13.0 Å². The largest absolute Gasteiger partial charge is 0.493 e. The molecule has 0 spiro atoms. The molecule has 23 heavy (non-hydrogen) atoms. The summed E-state index contributed by atoms with van der Waals surface area (Å²) in [5, 5.41) is 0. The van der Waals surface area contributed by atoms with Gasteiger partial charge in [-0.2, -0.15) is 0 Å². The average molecular weight is 315 g/mol. The van der Waals surface area contributed by atoms with Gasteiger partial charge in [0.1, 0.15) is 0 Å². The van der Waals surface area contributed by atoms with E-state index in [2.05, 4.69) is 4.98 Å². The summed E-state index contributed by atoms with van der Waals surface area (Å²) in [4.78, 5) is 26.9. The van der Waals surface area contributed by atoms with Gasteiger partial charge in [0.15, 0.2) is 23.9 Å². The maximum atomic E-state index is 11.5. The number of benzene rings is 1. The summed E-state index contributed by atoms with van der Waals surface area (Å²) >= 11 is 0. The zero-order valence-electron chi connectivity index (χ0n) is 13.1. The van der Waals surface area contributed by atoms with E-state index in [1.807, 2.05) is 0 Å². The Kier molecular flexibility index (Phi) is 5.30. The van der Waals surface area contributed by atoms with E-state index in [1.54, 1.807) is 36.5 Å². The summed E-state index contributed by atoms with van der Waals surface area (Å²) in [7, 11) is 3.05. The van der Waals surface area contributed by atoms with Crippen LogP contribution in [0.3, 0.4) is 0 Å². The van der Waals surface area contributed by atoms with Gasteiger partial charge >= 0.3 is 5.97 Å². The number of hydrogen-bond donors (Lipinski definition) is 0. The molecule has 0 fully saturated rings. The van der Waals surface area contributed by atoms with Crippen molar-refractivity contribution in [3.05, 3.63) is 53.3 Å². The van der Waals surface area contributed by atoms with Crippen LogP contribution in [0.25, 0.3) is 0 Å². The molecule has 6 nitrogen and oxygen atoms in total. The van der Waals surface area contributed by atoms with Gasteiger partial charge in [-0.05, 0) is 24.3 Å². The zero-order valence-corrected chi connectivity index (χ0v) is 13.1. The lowest BCUT2D eigenvalue weighted by Crippen LogP contribution is -2.14. The predicted octanol–water partition coefficient (Wildman–Crippen LogP) is 2.56. The highest BCUT2D eigenvalue weighted by Crippen LogP contribution is 2.34. The van der Waals surface area contributed by atoms with Crippen LogP contribution in [0, 0.1) is 0 Å². The van der Waals surface area contributed by atoms with E-state index < -0.39 is 12.1 Å². The van der Waals surface area contributed by atoms with Crippen LogP contribution in [0.15, 0.2) is 36.5 Å². The van der Waals surface area contributed by atoms with Gasteiger partial charge in [0.25, 0.3) is 0 Å². The van der Waals surface area contributed by atoms with Crippen LogP contribution in [-0.2, 0) is 9.53 Å².